The van der Waals surface area contributed by atoms with Crippen LogP contribution in [0.5, 0.6) is 23.0 Å². The number of hydrogen-bond acceptors (Lipinski definition) is 5. The summed E-state index contributed by atoms with van der Waals surface area (Å²) < 4.78 is 16.7. The molecular weight excluding hydrogens is 392 g/mol. The third-order valence-electron chi connectivity index (χ3n) is 4.45. The van der Waals surface area contributed by atoms with Gasteiger partial charge in [-0.25, -0.2) is 0 Å². The first-order valence-corrected chi connectivity index (χ1v) is 9.56. The summed E-state index contributed by atoms with van der Waals surface area (Å²) in [5.74, 6) is 2.00. The number of methoxy groups -OCH3 is 1. The Balaban J connectivity index is 1.71. The number of nitriles is 1. The minimum Gasteiger partial charge on any atom is -0.493 e. The van der Waals surface area contributed by atoms with Gasteiger partial charge in [0.25, 0.3) is 5.91 Å². The van der Waals surface area contributed by atoms with Crippen LogP contribution >= 0.6 is 0 Å². The normalized spacial score (nSPS) is 9.97. The van der Waals surface area contributed by atoms with E-state index < -0.39 is 0 Å². The van der Waals surface area contributed by atoms with E-state index in [-0.39, 0.29) is 5.91 Å². The first-order chi connectivity index (χ1) is 15.0. The standard InChI is InChI=1S/C25H22N2O4/c1-4-13-30-23-12-7-19(15-24(23)29-3)25(28)27-22-11-10-21(14-17(22)2)31-20-8-5-18(16-26)6-9-20/h4-12,14-15H,1,13H2,2-3H3,(H,27,28). The maximum Gasteiger partial charge on any atom is 0.255 e. The zero-order valence-electron chi connectivity index (χ0n) is 17.3. The fraction of sp³-hybridized carbons (Fsp3) is 0.120. The summed E-state index contributed by atoms with van der Waals surface area (Å²) in [7, 11) is 1.52. The van der Waals surface area contributed by atoms with Crippen LogP contribution in [0.4, 0.5) is 5.69 Å². The summed E-state index contributed by atoms with van der Waals surface area (Å²) in [6, 6.07) is 19.3. The van der Waals surface area contributed by atoms with Gasteiger partial charge in [-0.2, -0.15) is 5.26 Å². The lowest BCUT2D eigenvalue weighted by atomic mass is 10.1. The third kappa shape index (κ3) is 5.43. The van der Waals surface area contributed by atoms with Crippen LogP contribution in [-0.2, 0) is 0 Å². The molecule has 0 aliphatic heterocycles. The van der Waals surface area contributed by atoms with E-state index in [0.717, 1.165) is 5.56 Å². The molecule has 3 rings (SSSR count). The smallest absolute Gasteiger partial charge is 0.255 e. The van der Waals surface area contributed by atoms with Gasteiger partial charge in [-0.1, -0.05) is 12.7 Å². The van der Waals surface area contributed by atoms with Gasteiger partial charge in [0.1, 0.15) is 18.1 Å². The molecule has 0 aliphatic rings. The van der Waals surface area contributed by atoms with Gasteiger partial charge in [-0.15, -0.1) is 0 Å². The molecule has 1 amide bonds. The number of amides is 1. The molecule has 156 valence electrons. The molecule has 0 unspecified atom stereocenters. The quantitative estimate of drug-likeness (QED) is 0.493. The number of benzene rings is 3. The number of nitrogens with zero attached hydrogens (tertiary/aromatic N) is 1. The average Bonchev–Trinajstić information content (AvgIpc) is 2.79. The molecule has 0 aromatic heterocycles. The van der Waals surface area contributed by atoms with Gasteiger partial charge in [0.05, 0.1) is 18.7 Å². The second-order valence-corrected chi connectivity index (χ2v) is 6.63. The van der Waals surface area contributed by atoms with Gasteiger partial charge in [-0.3, -0.25) is 4.79 Å². The van der Waals surface area contributed by atoms with Crippen LogP contribution in [0, 0.1) is 18.3 Å². The van der Waals surface area contributed by atoms with Crippen molar-refractivity contribution in [3.8, 4) is 29.1 Å². The van der Waals surface area contributed by atoms with Crippen molar-refractivity contribution in [3.05, 3.63) is 90.0 Å². The average molecular weight is 414 g/mol. The van der Waals surface area contributed by atoms with Crippen LogP contribution in [-0.4, -0.2) is 19.6 Å². The predicted molar refractivity (Wildman–Crippen MR) is 119 cm³/mol. The van der Waals surface area contributed by atoms with E-state index in [1.165, 1.54) is 7.11 Å². The summed E-state index contributed by atoms with van der Waals surface area (Å²) in [4.78, 5) is 12.7. The maximum atomic E-state index is 12.7. The Hall–Kier alpha value is -4.24. The molecule has 0 atom stereocenters. The van der Waals surface area contributed by atoms with Crippen LogP contribution in [0.15, 0.2) is 73.3 Å². The monoisotopic (exact) mass is 414 g/mol. The Bertz CT molecular complexity index is 1130. The zero-order valence-corrected chi connectivity index (χ0v) is 17.3. The van der Waals surface area contributed by atoms with E-state index >= 15 is 0 Å². The first kappa shape index (κ1) is 21.5. The summed E-state index contributed by atoms with van der Waals surface area (Å²) in [6.45, 7) is 5.85. The molecule has 0 aliphatic carbocycles. The fourth-order valence-electron chi connectivity index (χ4n) is 2.84. The number of aryl methyl sites for hydroxylation is 1. The van der Waals surface area contributed by atoms with E-state index in [1.54, 1.807) is 60.7 Å². The molecule has 3 aromatic carbocycles. The number of ether oxygens (including phenoxy) is 3. The molecule has 1 N–H and O–H groups in total. The zero-order chi connectivity index (χ0) is 22.2. The molecule has 31 heavy (non-hydrogen) atoms. The van der Waals surface area contributed by atoms with Crippen LogP contribution in [0.3, 0.4) is 0 Å². The summed E-state index contributed by atoms with van der Waals surface area (Å²) in [5, 5.41) is 11.8. The Labute approximate surface area is 181 Å². The van der Waals surface area contributed by atoms with Crippen LogP contribution in [0.2, 0.25) is 0 Å². The topological polar surface area (TPSA) is 80.6 Å². The van der Waals surface area contributed by atoms with Crippen molar-refractivity contribution < 1.29 is 19.0 Å². The first-order valence-electron chi connectivity index (χ1n) is 9.56. The van der Waals surface area contributed by atoms with Gasteiger partial charge in [0.2, 0.25) is 0 Å². The Morgan fingerprint density at radius 2 is 1.81 bits per heavy atom. The Kier molecular flexibility index (Phi) is 6.92. The van der Waals surface area contributed by atoms with Gasteiger partial charge < -0.3 is 19.5 Å². The molecule has 0 radical (unpaired) electrons. The molecule has 0 fully saturated rings. The lowest BCUT2D eigenvalue weighted by molar-refractivity contribution is 0.102. The van der Waals surface area contributed by atoms with Crippen molar-refractivity contribution in [2.45, 2.75) is 6.92 Å². The highest BCUT2D eigenvalue weighted by Gasteiger charge is 2.13. The van der Waals surface area contributed by atoms with Crippen molar-refractivity contribution in [2.24, 2.45) is 0 Å². The van der Waals surface area contributed by atoms with Gasteiger partial charge in [0, 0.05) is 11.3 Å². The SMILES string of the molecule is C=CCOc1ccc(C(=O)Nc2ccc(Oc3ccc(C#N)cc3)cc2C)cc1OC. The number of nitrogens with one attached hydrogen (secondary N) is 1. The van der Waals surface area contributed by atoms with Gasteiger partial charge in [-0.05, 0) is 73.2 Å². The highest BCUT2D eigenvalue weighted by Crippen LogP contribution is 2.30. The third-order valence-corrected chi connectivity index (χ3v) is 4.45. The Morgan fingerprint density at radius 3 is 2.45 bits per heavy atom. The molecule has 0 bridgehead atoms. The molecule has 3 aromatic rings. The number of hydrogen-bond donors (Lipinski definition) is 1. The van der Waals surface area contributed by atoms with Gasteiger partial charge in [0.15, 0.2) is 11.5 Å². The van der Waals surface area contributed by atoms with Crippen LogP contribution in [0.1, 0.15) is 21.5 Å². The van der Waals surface area contributed by atoms with Crippen molar-refractivity contribution in [1.82, 2.24) is 0 Å². The second kappa shape index (κ2) is 9.99. The largest absolute Gasteiger partial charge is 0.493 e. The van der Waals surface area contributed by atoms with Crippen molar-refractivity contribution in [1.29, 1.82) is 5.26 Å². The van der Waals surface area contributed by atoms with Crippen LogP contribution < -0.4 is 19.5 Å². The Morgan fingerprint density at radius 1 is 1.06 bits per heavy atom. The number of rotatable bonds is 8. The van der Waals surface area contributed by atoms with E-state index in [4.69, 9.17) is 19.5 Å². The summed E-state index contributed by atoms with van der Waals surface area (Å²) >= 11 is 0. The number of carbonyl (C=O) groups is 1. The second-order valence-electron chi connectivity index (χ2n) is 6.63. The van der Waals surface area contributed by atoms with Crippen molar-refractivity contribution in [2.75, 3.05) is 19.0 Å². The molecule has 0 saturated heterocycles. The van der Waals surface area contributed by atoms with E-state index in [1.807, 2.05) is 13.0 Å². The van der Waals surface area contributed by atoms with E-state index in [2.05, 4.69) is 18.0 Å². The lowest BCUT2D eigenvalue weighted by Crippen LogP contribution is -2.13. The fourth-order valence-corrected chi connectivity index (χ4v) is 2.84. The summed E-state index contributed by atoms with van der Waals surface area (Å²) in [6.07, 6.45) is 1.64. The molecule has 6 heteroatoms. The van der Waals surface area contributed by atoms with E-state index in [9.17, 15) is 4.79 Å². The predicted octanol–water partition coefficient (Wildman–Crippen LogP) is 5.48. The number of anilines is 1. The van der Waals surface area contributed by atoms with Gasteiger partial charge >= 0.3 is 0 Å². The number of carbonyl (C=O) groups excluding carboxylic acids is 1. The van der Waals surface area contributed by atoms with E-state index in [0.29, 0.717) is 46.4 Å². The lowest BCUT2D eigenvalue weighted by Gasteiger charge is -2.13. The maximum absolute atomic E-state index is 12.7. The molecule has 6 nitrogen and oxygen atoms in total. The highest BCUT2D eigenvalue weighted by molar-refractivity contribution is 6.05. The minimum absolute atomic E-state index is 0.266. The molecule has 0 heterocycles. The molecule has 0 spiro atoms. The van der Waals surface area contributed by atoms with Crippen molar-refractivity contribution >= 4 is 11.6 Å². The highest BCUT2D eigenvalue weighted by atomic mass is 16.5. The minimum atomic E-state index is -0.266. The molecular formula is C25H22N2O4. The molecule has 0 saturated carbocycles. The summed E-state index contributed by atoms with van der Waals surface area (Å²) in [5.41, 5.74) is 2.53. The van der Waals surface area contributed by atoms with Crippen LogP contribution in [0.25, 0.3) is 0 Å². The van der Waals surface area contributed by atoms with Crippen molar-refractivity contribution in [3.63, 3.8) is 0 Å².